The molecule has 2 heteroatoms. The Morgan fingerprint density at radius 3 is 2.67 bits per heavy atom. The van der Waals surface area contributed by atoms with Gasteiger partial charge in [-0.05, 0) is 11.5 Å². The van der Waals surface area contributed by atoms with E-state index in [9.17, 15) is 0 Å². The molecule has 0 unspecified atom stereocenters. The minimum Gasteiger partial charge on any atom is -0.278 e. The monoisotopic (exact) mass is 162 g/mol. The first kappa shape index (κ1) is 8.78. The lowest BCUT2D eigenvalue weighted by molar-refractivity contribution is 0.855. The normalized spacial score (nSPS) is 13.2. The predicted octanol–water partition coefficient (Wildman–Crippen LogP) is 0.813. The number of allylic oxidation sites excluding steroid dienone is 1. The summed E-state index contributed by atoms with van der Waals surface area (Å²) in [5, 5.41) is 8.65. The lowest BCUT2D eigenvalue weighted by Crippen LogP contribution is -2.24. The van der Waals surface area contributed by atoms with Crippen LogP contribution in [0.2, 0.25) is 0 Å². The first-order valence-corrected chi connectivity index (χ1v) is 4.01. The second kappa shape index (κ2) is 3.39. The minimum absolute atomic E-state index is 0.459. The molecule has 0 saturated heterocycles. The van der Waals surface area contributed by atoms with Crippen molar-refractivity contribution < 1.29 is 0 Å². The van der Waals surface area contributed by atoms with Gasteiger partial charge in [0.05, 0.1) is 11.5 Å². The highest BCUT2D eigenvalue weighted by Gasteiger charge is 2.00. The van der Waals surface area contributed by atoms with E-state index in [1.807, 2.05) is 6.08 Å². The molecule has 0 aliphatic carbocycles. The van der Waals surface area contributed by atoms with Crippen LogP contribution in [0.3, 0.4) is 0 Å². The summed E-state index contributed by atoms with van der Waals surface area (Å²) in [7, 11) is 0. The molecule has 1 aromatic heterocycles. The quantitative estimate of drug-likeness (QED) is 0.685. The van der Waals surface area contributed by atoms with Crippen LogP contribution in [0.5, 0.6) is 0 Å². The summed E-state index contributed by atoms with van der Waals surface area (Å²) in [6.45, 7) is 11.9. The number of aromatic amines is 1. The number of nitrogens with one attached hydrogen (secondary N) is 1. The molecule has 0 aromatic carbocycles. The van der Waals surface area contributed by atoms with Gasteiger partial charge in [0.1, 0.15) is 0 Å². The van der Waals surface area contributed by atoms with Gasteiger partial charge in [-0.2, -0.15) is 5.10 Å². The Labute approximate surface area is 72.3 Å². The van der Waals surface area contributed by atoms with Crippen LogP contribution in [0.1, 0.15) is 13.8 Å². The molecule has 1 rings (SSSR count). The zero-order chi connectivity index (χ0) is 9.14. The van der Waals surface area contributed by atoms with Crippen LogP contribution in [0.25, 0.3) is 12.2 Å². The van der Waals surface area contributed by atoms with Crippen LogP contribution in [0.15, 0.2) is 18.9 Å². The molecule has 0 saturated carbocycles. The Morgan fingerprint density at radius 1 is 1.67 bits per heavy atom. The van der Waals surface area contributed by atoms with Crippen LogP contribution in [0.4, 0.5) is 0 Å². The zero-order valence-corrected chi connectivity index (χ0v) is 7.59. The maximum absolute atomic E-state index is 3.92. The van der Waals surface area contributed by atoms with E-state index in [0.29, 0.717) is 5.92 Å². The van der Waals surface area contributed by atoms with Crippen molar-refractivity contribution in [1.82, 2.24) is 10.2 Å². The summed E-state index contributed by atoms with van der Waals surface area (Å²) in [5.41, 5.74) is 1.19. The van der Waals surface area contributed by atoms with Crippen molar-refractivity contribution in [2.24, 2.45) is 5.92 Å². The molecule has 12 heavy (non-hydrogen) atoms. The smallest absolute Gasteiger partial charge is 0.0581 e. The molecule has 1 N–H and O–H groups in total. The largest absolute Gasteiger partial charge is 0.278 e. The summed E-state index contributed by atoms with van der Waals surface area (Å²) < 4.78 is 0. The van der Waals surface area contributed by atoms with Gasteiger partial charge in [-0.25, -0.2) is 0 Å². The van der Waals surface area contributed by atoms with Crippen LogP contribution < -0.4 is 10.6 Å². The molecule has 0 fully saturated rings. The van der Waals surface area contributed by atoms with Crippen molar-refractivity contribution >= 4 is 12.2 Å². The molecule has 0 aliphatic rings. The van der Waals surface area contributed by atoms with E-state index >= 15 is 0 Å². The van der Waals surface area contributed by atoms with Crippen molar-refractivity contribution in [2.45, 2.75) is 13.8 Å². The third kappa shape index (κ3) is 1.47. The highest BCUT2D eigenvalue weighted by molar-refractivity contribution is 5.56. The van der Waals surface area contributed by atoms with E-state index in [2.05, 4.69) is 37.2 Å². The molecule has 2 nitrogen and oxygen atoms in total. The van der Waals surface area contributed by atoms with E-state index < -0.39 is 0 Å². The van der Waals surface area contributed by atoms with E-state index in [-0.39, 0.29) is 0 Å². The van der Waals surface area contributed by atoms with Crippen LogP contribution in [-0.4, -0.2) is 10.2 Å². The number of rotatable bonds is 2. The van der Waals surface area contributed by atoms with Gasteiger partial charge in [-0.1, -0.05) is 33.1 Å². The van der Waals surface area contributed by atoms with Crippen LogP contribution in [0, 0.1) is 5.92 Å². The molecule has 0 radical (unpaired) electrons. The fraction of sp³-hybridized carbons (Fsp3) is 0.300. The summed E-state index contributed by atoms with van der Waals surface area (Å²) in [6, 6.07) is 0. The van der Waals surface area contributed by atoms with Gasteiger partial charge in [0.25, 0.3) is 0 Å². The Hall–Kier alpha value is -1.31. The molecule has 1 heterocycles. The molecule has 0 amide bonds. The van der Waals surface area contributed by atoms with E-state index in [1.165, 1.54) is 5.57 Å². The molecule has 0 atom stereocenters. The standard InChI is InChI=1S/C10H14N2/c1-5-9(7(2)3)10-6-11-12-8(10)4/h5-7,12H,1,4H2,2-3H3/b10-9+. The van der Waals surface area contributed by atoms with E-state index in [0.717, 1.165) is 10.6 Å². The highest BCUT2D eigenvalue weighted by Crippen LogP contribution is 2.07. The average molecular weight is 162 g/mol. The van der Waals surface area contributed by atoms with Gasteiger partial charge in [-0.3, -0.25) is 5.10 Å². The number of hydrogen-bond acceptors (Lipinski definition) is 1. The Balaban J connectivity index is 3.48. The Kier molecular flexibility index (Phi) is 2.48. The van der Waals surface area contributed by atoms with Gasteiger partial charge >= 0.3 is 0 Å². The van der Waals surface area contributed by atoms with Crippen molar-refractivity contribution in [1.29, 1.82) is 0 Å². The molecule has 0 bridgehead atoms. The third-order valence-corrected chi connectivity index (χ3v) is 1.87. The average Bonchev–Trinajstić information content (AvgIpc) is 2.38. The Bertz CT molecular complexity index is 371. The van der Waals surface area contributed by atoms with E-state index in [4.69, 9.17) is 0 Å². The van der Waals surface area contributed by atoms with Gasteiger partial charge in [0, 0.05) is 5.22 Å². The van der Waals surface area contributed by atoms with Gasteiger partial charge in [0.15, 0.2) is 0 Å². The topological polar surface area (TPSA) is 28.7 Å². The summed E-state index contributed by atoms with van der Waals surface area (Å²) in [6.07, 6.45) is 3.66. The number of nitrogens with zero attached hydrogens (tertiary/aromatic N) is 1. The SMILES string of the molecule is C=C/C(=c1/cn[nH]c1=C)C(C)C. The summed E-state index contributed by atoms with van der Waals surface area (Å²) in [4.78, 5) is 0. The van der Waals surface area contributed by atoms with Gasteiger partial charge in [0.2, 0.25) is 0 Å². The fourth-order valence-corrected chi connectivity index (χ4v) is 1.22. The molecule has 1 aromatic rings. The predicted molar refractivity (Wildman–Crippen MR) is 51.8 cm³/mol. The molecular formula is C10H14N2. The minimum atomic E-state index is 0.459. The maximum atomic E-state index is 3.92. The summed E-state index contributed by atoms with van der Waals surface area (Å²) in [5.74, 6) is 0.459. The van der Waals surface area contributed by atoms with Crippen molar-refractivity contribution in [3.8, 4) is 0 Å². The lowest BCUT2D eigenvalue weighted by atomic mass is 10.0. The fourth-order valence-electron chi connectivity index (χ4n) is 1.22. The van der Waals surface area contributed by atoms with E-state index in [1.54, 1.807) is 6.20 Å². The molecule has 0 spiro atoms. The van der Waals surface area contributed by atoms with Crippen molar-refractivity contribution in [2.75, 3.05) is 0 Å². The van der Waals surface area contributed by atoms with Crippen LogP contribution in [-0.2, 0) is 0 Å². The van der Waals surface area contributed by atoms with Crippen molar-refractivity contribution in [3.05, 3.63) is 29.4 Å². The van der Waals surface area contributed by atoms with Gasteiger partial charge < -0.3 is 0 Å². The lowest BCUT2D eigenvalue weighted by Gasteiger charge is -2.03. The van der Waals surface area contributed by atoms with Crippen molar-refractivity contribution in [3.63, 3.8) is 0 Å². The molecule has 0 aliphatic heterocycles. The maximum Gasteiger partial charge on any atom is 0.0581 e. The summed E-state index contributed by atoms with van der Waals surface area (Å²) >= 11 is 0. The first-order valence-electron chi connectivity index (χ1n) is 4.01. The second-order valence-corrected chi connectivity index (χ2v) is 3.08. The first-order chi connectivity index (χ1) is 5.66. The third-order valence-electron chi connectivity index (χ3n) is 1.87. The van der Waals surface area contributed by atoms with Gasteiger partial charge in [-0.15, -0.1) is 0 Å². The number of hydrogen-bond donors (Lipinski definition) is 1. The second-order valence-electron chi connectivity index (χ2n) is 3.08. The zero-order valence-electron chi connectivity index (χ0n) is 7.59. The van der Waals surface area contributed by atoms with Crippen LogP contribution >= 0.6 is 0 Å². The molecule has 64 valence electrons. The number of aromatic nitrogens is 2. The highest BCUT2D eigenvalue weighted by atomic mass is 15.1. The Morgan fingerprint density at radius 2 is 2.33 bits per heavy atom. The molecular weight excluding hydrogens is 148 g/mol. The number of H-pyrrole nitrogens is 1.